The third-order valence-corrected chi connectivity index (χ3v) is 11.2. The molecule has 2 saturated heterocycles. The molecular weight excluding hydrogens is 731 g/mol. The molecule has 12 nitrogen and oxygen atoms in total. The summed E-state index contributed by atoms with van der Waals surface area (Å²) in [5.41, 5.74) is -2.23. The van der Waals surface area contributed by atoms with Crippen LogP contribution >= 0.6 is 7.60 Å². The van der Waals surface area contributed by atoms with Gasteiger partial charge in [-0.3, -0.25) is 23.7 Å². The zero-order valence-corrected chi connectivity index (χ0v) is 30.3. The van der Waals surface area contributed by atoms with Gasteiger partial charge in [-0.05, 0) is 54.7 Å². The van der Waals surface area contributed by atoms with Crippen molar-refractivity contribution in [2.75, 3.05) is 18.4 Å². The number of rotatable bonds is 9. The van der Waals surface area contributed by atoms with E-state index >= 15 is 0 Å². The van der Waals surface area contributed by atoms with Crippen LogP contribution in [0.25, 0.3) is 22.0 Å². The number of halogens is 2. The van der Waals surface area contributed by atoms with Crippen LogP contribution in [0.4, 0.5) is 14.5 Å². The summed E-state index contributed by atoms with van der Waals surface area (Å²) in [5.74, 6) is -1.98. The monoisotopic (exact) mass is 769 g/mol. The second-order valence-electron chi connectivity index (χ2n) is 13.8. The first-order chi connectivity index (χ1) is 26.3. The Hall–Kier alpha value is -5.69. The number of alkyl halides is 2. The highest BCUT2D eigenvalue weighted by molar-refractivity contribution is 7.52. The average molecular weight is 770 g/mol. The number of H-pyrrole nitrogens is 1. The van der Waals surface area contributed by atoms with Crippen LogP contribution in [-0.2, 0) is 31.0 Å². The SMILES string of the molecule is O=C(N[C@H]1CN(C(=O)Cc2ccccc2)CC[C@H]2CC[C@@H](C(=O)Nc3ccccc3-c3ccccc3)N2C1=O)c1cc2cc(C(F)(F)P(=O)(O)O)ccc2[nH]1. The number of aromatic nitrogens is 1. The van der Waals surface area contributed by atoms with Crippen molar-refractivity contribution in [3.8, 4) is 11.1 Å². The van der Waals surface area contributed by atoms with E-state index in [-0.39, 0.29) is 47.9 Å². The number of hydrogen-bond acceptors (Lipinski definition) is 5. The molecule has 3 atom stereocenters. The number of para-hydroxylation sites is 1. The minimum Gasteiger partial charge on any atom is -0.351 e. The molecule has 0 spiro atoms. The van der Waals surface area contributed by atoms with Gasteiger partial charge in [-0.1, -0.05) is 84.9 Å². The highest BCUT2D eigenvalue weighted by Crippen LogP contribution is 2.59. The summed E-state index contributed by atoms with van der Waals surface area (Å²) in [4.78, 5) is 80.3. The number of nitrogens with zero attached hydrogens (tertiary/aromatic N) is 2. The largest absolute Gasteiger partial charge is 0.399 e. The van der Waals surface area contributed by atoms with Gasteiger partial charge in [0, 0.05) is 46.8 Å². The zero-order chi connectivity index (χ0) is 38.9. The van der Waals surface area contributed by atoms with Gasteiger partial charge in [0.05, 0.1) is 6.42 Å². The summed E-state index contributed by atoms with van der Waals surface area (Å²) in [7, 11) is -5.84. The van der Waals surface area contributed by atoms with Crippen LogP contribution in [0.1, 0.15) is 40.9 Å². The molecule has 0 saturated carbocycles. The number of anilines is 1. The molecular formula is C40H38F2N5O7P. The van der Waals surface area contributed by atoms with Gasteiger partial charge in [0.2, 0.25) is 17.7 Å². The third kappa shape index (κ3) is 7.79. The Kier molecular flexibility index (Phi) is 10.4. The standard InChI is InChI=1S/C40H38F2N5O7P/c41-40(42,55(52,53)54)28-15-17-31-27(22-28)23-33(43-31)37(49)45-34-24-46(36(48)21-25-9-3-1-4-10-25)20-19-29-16-18-35(47(29)39(34)51)38(50)44-32-14-8-7-13-30(32)26-11-5-2-6-12-26/h1-15,17,22-23,29,34-35,43H,16,18-21,24H2,(H,44,50)(H,45,49)(H2,52,53,54)/t29-,34+,35+/m1/s1. The molecule has 4 amide bonds. The van der Waals surface area contributed by atoms with Crippen molar-refractivity contribution < 1.29 is 42.3 Å². The fourth-order valence-corrected chi connectivity index (χ4v) is 7.85. The first kappa shape index (κ1) is 37.6. The highest BCUT2D eigenvalue weighted by Gasteiger charge is 2.50. The Labute approximate surface area is 314 Å². The van der Waals surface area contributed by atoms with Gasteiger partial charge < -0.3 is 35.2 Å². The van der Waals surface area contributed by atoms with Crippen molar-refractivity contribution in [3.05, 3.63) is 126 Å². The van der Waals surface area contributed by atoms with Crippen molar-refractivity contribution in [2.45, 2.75) is 49.5 Å². The molecule has 0 radical (unpaired) electrons. The van der Waals surface area contributed by atoms with Gasteiger partial charge in [0.15, 0.2) is 0 Å². The lowest BCUT2D eigenvalue weighted by molar-refractivity contribution is -0.144. The number of carbonyl (C=O) groups excluding carboxylic acids is 4. The first-order valence-electron chi connectivity index (χ1n) is 17.8. The summed E-state index contributed by atoms with van der Waals surface area (Å²) in [6, 6.07) is 27.6. The summed E-state index contributed by atoms with van der Waals surface area (Å²) < 4.78 is 40.4. The van der Waals surface area contributed by atoms with Gasteiger partial charge in [-0.25, -0.2) is 0 Å². The lowest BCUT2D eigenvalue weighted by Gasteiger charge is -2.38. The van der Waals surface area contributed by atoms with Gasteiger partial charge in [-0.15, -0.1) is 0 Å². The number of aromatic amines is 1. The summed E-state index contributed by atoms with van der Waals surface area (Å²) in [5, 5.41) is 5.82. The minimum atomic E-state index is -5.84. The molecule has 3 heterocycles. The van der Waals surface area contributed by atoms with E-state index in [9.17, 15) is 42.3 Å². The molecule has 0 aliphatic carbocycles. The van der Waals surface area contributed by atoms with E-state index in [1.165, 1.54) is 17.0 Å². The van der Waals surface area contributed by atoms with E-state index in [2.05, 4.69) is 15.6 Å². The zero-order valence-electron chi connectivity index (χ0n) is 29.4. The molecule has 0 bridgehead atoms. The van der Waals surface area contributed by atoms with E-state index in [0.29, 0.717) is 24.9 Å². The van der Waals surface area contributed by atoms with Crippen LogP contribution in [-0.4, -0.2) is 79.4 Å². The van der Waals surface area contributed by atoms with E-state index in [1.54, 1.807) is 17.0 Å². The molecule has 55 heavy (non-hydrogen) atoms. The van der Waals surface area contributed by atoms with Crippen molar-refractivity contribution in [1.29, 1.82) is 0 Å². The lowest BCUT2D eigenvalue weighted by atomic mass is 10.0. The van der Waals surface area contributed by atoms with Crippen LogP contribution < -0.4 is 10.6 Å². The lowest BCUT2D eigenvalue weighted by Crippen LogP contribution is -2.60. The molecule has 0 unspecified atom stereocenters. The fourth-order valence-electron chi connectivity index (χ4n) is 7.37. The molecule has 2 fully saturated rings. The molecule has 7 rings (SSSR count). The number of hydrogen-bond donors (Lipinski definition) is 5. The molecule has 15 heteroatoms. The van der Waals surface area contributed by atoms with Gasteiger partial charge in [0.1, 0.15) is 17.8 Å². The quantitative estimate of drug-likeness (QED) is 0.121. The Bertz CT molecular complexity index is 2300. The van der Waals surface area contributed by atoms with Crippen LogP contribution in [0, 0.1) is 0 Å². The molecule has 2 aliphatic heterocycles. The van der Waals surface area contributed by atoms with Crippen LogP contribution in [0.5, 0.6) is 0 Å². The summed E-state index contributed by atoms with van der Waals surface area (Å²) >= 11 is 0. The molecule has 5 N–H and O–H groups in total. The third-order valence-electron chi connectivity index (χ3n) is 10.2. The van der Waals surface area contributed by atoms with E-state index in [0.717, 1.165) is 28.8 Å². The van der Waals surface area contributed by atoms with Crippen LogP contribution in [0.15, 0.2) is 109 Å². The fraction of sp³-hybridized carbons (Fsp3) is 0.250. The number of benzene rings is 4. The van der Waals surface area contributed by atoms with Crippen LogP contribution in [0.3, 0.4) is 0 Å². The molecule has 284 valence electrons. The topological polar surface area (TPSA) is 172 Å². The van der Waals surface area contributed by atoms with Crippen LogP contribution in [0.2, 0.25) is 0 Å². The number of carbonyl (C=O) groups is 4. The highest BCUT2D eigenvalue weighted by atomic mass is 31.2. The maximum atomic E-state index is 14.6. The van der Waals surface area contributed by atoms with Crippen molar-refractivity contribution >= 4 is 47.8 Å². The molecule has 2 aliphatic rings. The second kappa shape index (κ2) is 15.2. The maximum absolute atomic E-state index is 14.6. The van der Waals surface area contributed by atoms with Crippen molar-refractivity contribution in [3.63, 3.8) is 0 Å². The second-order valence-corrected chi connectivity index (χ2v) is 15.4. The average Bonchev–Trinajstić information content (AvgIpc) is 3.80. The Balaban J connectivity index is 1.16. The normalized spacial score (nSPS) is 19.1. The summed E-state index contributed by atoms with van der Waals surface area (Å²) in [6.07, 6.45) is 1.34. The van der Waals surface area contributed by atoms with Crippen molar-refractivity contribution in [2.24, 2.45) is 0 Å². The molecule has 4 aromatic carbocycles. The predicted octanol–water partition coefficient (Wildman–Crippen LogP) is 5.63. The maximum Gasteiger partial charge on any atom is 0.399 e. The van der Waals surface area contributed by atoms with Gasteiger partial charge >= 0.3 is 13.3 Å². The van der Waals surface area contributed by atoms with Gasteiger partial charge in [0.25, 0.3) is 5.91 Å². The first-order valence-corrected chi connectivity index (χ1v) is 19.4. The molecule has 5 aromatic rings. The van der Waals surface area contributed by atoms with E-state index < -0.39 is 48.8 Å². The van der Waals surface area contributed by atoms with Gasteiger partial charge in [-0.2, -0.15) is 8.78 Å². The van der Waals surface area contributed by atoms with Crippen molar-refractivity contribution in [1.82, 2.24) is 20.1 Å². The molecule has 1 aromatic heterocycles. The smallest absolute Gasteiger partial charge is 0.351 e. The number of nitrogens with one attached hydrogen (secondary N) is 3. The predicted molar refractivity (Wildman–Crippen MR) is 201 cm³/mol. The minimum absolute atomic E-state index is 0.0690. The van der Waals surface area contributed by atoms with E-state index in [1.807, 2.05) is 72.8 Å². The number of amides is 4. The number of fused-ring (bicyclic) bond motifs is 2. The Morgan fingerprint density at radius 3 is 2.29 bits per heavy atom. The Morgan fingerprint density at radius 1 is 0.873 bits per heavy atom. The Morgan fingerprint density at radius 2 is 1.56 bits per heavy atom. The summed E-state index contributed by atoms with van der Waals surface area (Å²) in [6.45, 7) is 0.0735. The van der Waals surface area contributed by atoms with E-state index in [4.69, 9.17) is 0 Å².